The van der Waals surface area contributed by atoms with Gasteiger partial charge in [0.25, 0.3) is 0 Å². The van der Waals surface area contributed by atoms with Crippen molar-refractivity contribution in [3.63, 3.8) is 0 Å². The molecule has 0 spiro atoms. The summed E-state index contributed by atoms with van der Waals surface area (Å²) in [5.74, 6) is -0.329. The maximum Gasteiger partial charge on any atom is 0.359 e. The zero-order valence-electron chi connectivity index (χ0n) is 11.8. The van der Waals surface area contributed by atoms with Crippen LogP contribution in [0.15, 0.2) is 30.3 Å². The lowest BCUT2D eigenvalue weighted by Gasteiger charge is -2.05. The third kappa shape index (κ3) is 2.59. The predicted octanol–water partition coefficient (Wildman–Crippen LogP) is 1.78. The van der Waals surface area contributed by atoms with Crippen molar-refractivity contribution >= 4 is 11.8 Å². The molecule has 1 heterocycles. The second-order valence-corrected chi connectivity index (χ2v) is 5.03. The smallest absolute Gasteiger partial charge is 0.359 e. The van der Waals surface area contributed by atoms with Crippen LogP contribution in [0.25, 0.3) is 0 Å². The standard InChI is InChI=1S/C16H16N2O3/c1-2-21-16(20)15-13-8-12(19)9-14(13)18(17-15)10-11-6-4-3-5-7-11/h3-7H,2,8-10H2,1H3. The predicted molar refractivity (Wildman–Crippen MR) is 76.1 cm³/mol. The Bertz CT molecular complexity index is 689. The van der Waals surface area contributed by atoms with Gasteiger partial charge in [-0.15, -0.1) is 0 Å². The minimum absolute atomic E-state index is 0.120. The van der Waals surface area contributed by atoms with Crippen LogP contribution in [0.5, 0.6) is 0 Å². The molecule has 0 aliphatic heterocycles. The summed E-state index contributed by atoms with van der Waals surface area (Å²) in [6, 6.07) is 9.85. The number of rotatable bonds is 4. The van der Waals surface area contributed by atoms with Gasteiger partial charge >= 0.3 is 5.97 Å². The Morgan fingerprint density at radius 3 is 2.76 bits per heavy atom. The van der Waals surface area contributed by atoms with Crippen molar-refractivity contribution in [1.29, 1.82) is 0 Å². The molecule has 0 amide bonds. The number of Topliss-reactive ketones (excluding diaryl/α,β-unsaturated/α-hetero) is 1. The molecule has 0 bridgehead atoms. The summed E-state index contributed by atoms with van der Waals surface area (Å²) in [5.41, 5.74) is 2.94. The molecule has 0 saturated carbocycles. The number of aromatic nitrogens is 2. The van der Waals surface area contributed by atoms with E-state index in [1.807, 2.05) is 30.3 Å². The minimum Gasteiger partial charge on any atom is -0.461 e. The molecule has 1 aromatic heterocycles. The van der Waals surface area contributed by atoms with Gasteiger partial charge in [-0.1, -0.05) is 30.3 Å². The normalized spacial score (nSPS) is 13.3. The highest BCUT2D eigenvalue weighted by Crippen LogP contribution is 2.24. The third-order valence-electron chi connectivity index (χ3n) is 3.55. The number of carbonyl (C=O) groups is 2. The maximum atomic E-state index is 12.0. The lowest BCUT2D eigenvalue weighted by atomic mass is 10.2. The van der Waals surface area contributed by atoms with Crippen molar-refractivity contribution in [2.45, 2.75) is 26.3 Å². The van der Waals surface area contributed by atoms with E-state index in [0.717, 1.165) is 16.8 Å². The Kier molecular flexibility index (Phi) is 3.56. The van der Waals surface area contributed by atoms with Crippen LogP contribution >= 0.6 is 0 Å². The van der Waals surface area contributed by atoms with Crippen LogP contribution in [-0.2, 0) is 28.9 Å². The Hall–Kier alpha value is -2.43. The van der Waals surface area contributed by atoms with Crippen molar-refractivity contribution in [3.05, 3.63) is 52.8 Å². The molecule has 0 atom stereocenters. The van der Waals surface area contributed by atoms with Crippen LogP contribution < -0.4 is 0 Å². The van der Waals surface area contributed by atoms with Crippen molar-refractivity contribution < 1.29 is 14.3 Å². The van der Waals surface area contributed by atoms with Gasteiger partial charge in [0.05, 0.1) is 18.8 Å². The Labute approximate surface area is 122 Å². The van der Waals surface area contributed by atoms with Crippen molar-refractivity contribution in [2.75, 3.05) is 6.61 Å². The van der Waals surface area contributed by atoms with Gasteiger partial charge < -0.3 is 4.74 Å². The summed E-state index contributed by atoms with van der Waals surface area (Å²) < 4.78 is 6.78. The minimum atomic E-state index is -0.449. The first-order valence-corrected chi connectivity index (χ1v) is 7.00. The van der Waals surface area contributed by atoms with Gasteiger partial charge in [-0.25, -0.2) is 4.79 Å². The van der Waals surface area contributed by atoms with Crippen LogP contribution in [0.2, 0.25) is 0 Å². The fourth-order valence-electron chi connectivity index (χ4n) is 2.61. The molecule has 2 aromatic rings. The summed E-state index contributed by atoms with van der Waals surface area (Å²) in [6.45, 7) is 2.60. The van der Waals surface area contributed by atoms with Gasteiger partial charge in [-0.3, -0.25) is 9.48 Å². The number of ketones is 1. The van der Waals surface area contributed by atoms with Crippen molar-refractivity contribution in [1.82, 2.24) is 9.78 Å². The van der Waals surface area contributed by atoms with Crippen molar-refractivity contribution in [2.24, 2.45) is 0 Å². The monoisotopic (exact) mass is 284 g/mol. The fourth-order valence-corrected chi connectivity index (χ4v) is 2.61. The maximum absolute atomic E-state index is 12.0. The van der Waals surface area contributed by atoms with Gasteiger partial charge in [0.15, 0.2) is 5.69 Å². The molecular formula is C16H16N2O3. The first-order chi connectivity index (χ1) is 10.2. The first-order valence-electron chi connectivity index (χ1n) is 7.00. The van der Waals surface area contributed by atoms with E-state index in [-0.39, 0.29) is 17.9 Å². The third-order valence-corrected chi connectivity index (χ3v) is 3.55. The van der Waals surface area contributed by atoms with Crippen LogP contribution in [0.4, 0.5) is 0 Å². The zero-order chi connectivity index (χ0) is 14.8. The second kappa shape index (κ2) is 5.52. The van der Waals surface area contributed by atoms with Gasteiger partial charge in [0.1, 0.15) is 5.78 Å². The van der Waals surface area contributed by atoms with Crippen LogP contribution in [0.1, 0.15) is 34.2 Å². The quantitative estimate of drug-likeness (QED) is 0.803. The number of esters is 1. The molecule has 0 saturated heterocycles. The fraction of sp³-hybridized carbons (Fsp3) is 0.312. The molecule has 1 aromatic carbocycles. The topological polar surface area (TPSA) is 61.2 Å². The van der Waals surface area contributed by atoms with Crippen LogP contribution in [-0.4, -0.2) is 28.1 Å². The average Bonchev–Trinajstić information content (AvgIpc) is 2.99. The largest absolute Gasteiger partial charge is 0.461 e. The highest BCUT2D eigenvalue weighted by Gasteiger charge is 2.31. The summed E-state index contributed by atoms with van der Waals surface area (Å²) in [5, 5.41) is 4.37. The Balaban J connectivity index is 1.96. The second-order valence-electron chi connectivity index (χ2n) is 5.03. The molecular weight excluding hydrogens is 268 g/mol. The summed E-state index contributed by atoms with van der Waals surface area (Å²) in [4.78, 5) is 23.7. The van der Waals surface area contributed by atoms with E-state index >= 15 is 0 Å². The summed E-state index contributed by atoms with van der Waals surface area (Å²) >= 11 is 0. The molecule has 5 nitrogen and oxygen atoms in total. The van der Waals surface area contributed by atoms with Crippen molar-refractivity contribution in [3.8, 4) is 0 Å². The lowest BCUT2D eigenvalue weighted by Crippen LogP contribution is -2.12. The lowest BCUT2D eigenvalue weighted by molar-refractivity contribution is -0.117. The number of nitrogens with zero attached hydrogens (tertiary/aromatic N) is 2. The summed E-state index contributed by atoms with van der Waals surface area (Å²) in [6.07, 6.45) is 0.618. The molecule has 0 unspecified atom stereocenters. The highest BCUT2D eigenvalue weighted by molar-refractivity contribution is 5.95. The highest BCUT2D eigenvalue weighted by atomic mass is 16.5. The number of hydrogen-bond donors (Lipinski definition) is 0. The molecule has 21 heavy (non-hydrogen) atoms. The molecule has 5 heteroatoms. The Morgan fingerprint density at radius 1 is 1.29 bits per heavy atom. The van der Waals surface area contributed by atoms with Gasteiger partial charge in [0, 0.05) is 18.4 Å². The zero-order valence-corrected chi connectivity index (χ0v) is 11.8. The van der Waals surface area contributed by atoms with Gasteiger partial charge in [-0.05, 0) is 12.5 Å². The van der Waals surface area contributed by atoms with Gasteiger partial charge in [0.2, 0.25) is 0 Å². The van der Waals surface area contributed by atoms with Gasteiger partial charge in [-0.2, -0.15) is 5.10 Å². The van der Waals surface area contributed by atoms with Crippen LogP contribution in [0.3, 0.4) is 0 Å². The molecule has 0 fully saturated rings. The molecule has 0 radical (unpaired) electrons. The number of carbonyl (C=O) groups excluding carboxylic acids is 2. The van der Waals surface area contributed by atoms with Crippen LogP contribution in [0, 0.1) is 0 Å². The molecule has 3 rings (SSSR count). The van der Waals surface area contributed by atoms with E-state index in [1.54, 1.807) is 11.6 Å². The van der Waals surface area contributed by atoms with E-state index in [1.165, 1.54) is 0 Å². The van der Waals surface area contributed by atoms with E-state index in [9.17, 15) is 9.59 Å². The first kappa shape index (κ1) is 13.5. The van der Waals surface area contributed by atoms with E-state index in [0.29, 0.717) is 19.6 Å². The Morgan fingerprint density at radius 2 is 2.05 bits per heavy atom. The number of ether oxygens (including phenoxy) is 1. The van der Waals surface area contributed by atoms with E-state index in [2.05, 4.69) is 5.10 Å². The molecule has 1 aliphatic carbocycles. The summed E-state index contributed by atoms with van der Waals surface area (Å²) in [7, 11) is 0. The van der Waals surface area contributed by atoms with E-state index < -0.39 is 5.97 Å². The number of benzene rings is 1. The average molecular weight is 284 g/mol. The number of hydrogen-bond acceptors (Lipinski definition) is 4. The molecule has 1 aliphatic rings. The SMILES string of the molecule is CCOC(=O)c1nn(Cc2ccccc2)c2c1CC(=O)C2. The van der Waals surface area contributed by atoms with E-state index in [4.69, 9.17) is 4.74 Å². The molecule has 108 valence electrons. The molecule has 0 N–H and O–H groups in total. The number of fused-ring (bicyclic) bond motifs is 1.